The van der Waals surface area contributed by atoms with Crippen LogP contribution in [0, 0.1) is 11.7 Å². The van der Waals surface area contributed by atoms with Crippen molar-refractivity contribution in [2.24, 2.45) is 11.1 Å². The number of hydrogen-bond donors (Lipinski definition) is 1. The Morgan fingerprint density at radius 3 is 2.44 bits per heavy atom. The van der Waals surface area contributed by atoms with Crippen molar-refractivity contribution in [1.29, 1.82) is 0 Å². The number of benzene rings is 1. The molecule has 0 amide bonds. The van der Waals surface area contributed by atoms with Crippen molar-refractivity contribution in [3.63, 3.8) is 0 Å². The maximum atomic E-state index is 13.0. The highest BCUT2D eigenvalue weighted by atomic mass is 19.1. The molecule has 0 radical (unpaired) electrons. The van der Waals surface area contributed by atoms with Gasteiger partial charge in [-0.2, -0.15) is 0 Å². The van der Waals surface area contributed by atoms with Crippen molar-refractivity contribution in [2.75, 3.05) is 0 Å². The average molecular weight is 247 g/mol. The Labute approximate surface area is 107 Å². The summed E-state index contributed by atoms with van der Waals surface area (Å²) < 4.78 is 13.0. The summed E-state index contributed by atoms with van der Waals surface area (Å²) >= 11 is 0. The molecular weight excluding hydrogens is 229 g/mol. The predicted molar refractivity (Wildman–Crippen MR) is 71.2 cm³/mol. The quantitative estimate of drug-likeness (QED) is 0.628. The van der Waals surface area contributed by atoms with E-state index in [9.17, 15) is 4.39 Å². The first-order valence-electron chi connectivity index (χ1n) is 6.31. The number of oxime groups is 1. The van der Waals surface area contributed by atoms with Gasteiger partial charge in [-0.25, -0.2) is 4.39 Å². The Morgan fingerprint density at radius 1 is 1.22 bits per heavy atom. The van der Waals surface area contributed by atoms with Gasteiger partial charge < -0.3 is 5.21 Å². The standard InChI is InChI=1S/C15H18FNO/c1-10(2)9-12-5-8-14(17-18)15(12)11-3-6-13(16)7-4-11/h3-4,6-7,10,18H,5,8-9H2,1-2H3. The third kappa shape index (κ3) is 2.61. The molecule has 0 atom stereocenters. The van der Waals surface area contributed by atoms with Gasteiger partial charge in [-0.1, -0.05) is 36.7 Å². The largest absolute Gasteiger partial charge is 0.411 e. The van der Waals surface area contributed by atoms with Gasteiger partial charge in [0.15, 0.2) is 0 Å². The maximum Gasteiger partial charge on any atom is 0.123 e. The molecule has 2 rings (SSSR count). The van der Waals surface area contributed by atoms with Crippen LogP contribution in [-0.2, 0) is 0 Å². The molecule has 1 aromatic rings. The predicted octanol–water partition coefficient (Wildman–Crippen LogP) is 4.25. The summed E-state index contributed by atoms with van der Waals surface area (Å²) in [6, 6.07) is 6.40. The monoisotopic (exact) mass is 247 g/mol. The summed E-state index contributed by atoms with van der Waals surface area (Å²) in [6.07, 6.45) is 2.70. The van der Waals surface area contributed by atoms with Crippen molar-refractivity contribution < 1.29 is 9.60 Å². The second-order valence-electron chi connectivity index (χ2n) is 5.13. The van der Waals surface area contributed by atoms with E-state index in [2.05, 4.69) is 19.0 Å². The van der Waals surface area contributed by atoms with Gasteiger partial charge in [0, 0.05) is 5.57 Å². The summed E-state index contributed by atoms with van der Waals surface area (Å²) in [5.74, 6) is 0.318. The Kier molecular flexibility index (Phi) is 3.80. The third-order valence-corrected chi connectivity index (χ3v) is 3.21. The van der Waals surface area contributed by atoms with Crippen molar-refractivity contribution in [3.05, 3.63) is 41.2 Å². The van der Waals surface area contributed by atoms with Crippen LogP contribution >= 0.6 is 0 Å². The highest BCUT2D eigenvalue weighted by Gasteiger charge is 2.23. The van der Waals surface area contributed by atoms with E-state index in [-0.39, 0.29) is 5.82 Å². The topological polar surface area (TPSA) is 32.6 Å². The molecule has 96 valence electrons. The number of allylic oxidation sites excluding steroid dienone is 2. The molecule has 0 spiro atoms. The highest BCUT2D eigenvalue weighted by molar-refractivity contribution is 6.26. The first kappa shape index (κ1) is 12.8. The summed E-state index contributed by atoms with van der Waals surface area (Å²) in [4.78, 5) is 0. The smallest absolute Gasteiger partial charge is 0.123 e. The van der Waals surface area contributed by atoms with Crippen LogP contribution in [0.2, 0.25) is 0 Å². The fourth-order valence-electron chi connectivity index (χ4n) is 2.51. The van der Waals surface area contributed by atoms with Gasteiger partial charge in [0.25, 0.3) is 0 Å². The van der Waals surface area contributed by atoms with Gasteiger partial charge in [-0.3, -0.25) is 0 Å². The average Bonchev–Trinajstić information content (AvgIpc) is 2.72. The molecule has 0 heterocycles. The Balaban J connectivity index is 2.43. The summed E-state index contributed by atoms with van der Waals surface area (Å²) in [7, 11) is 0. The van der Waals surface area contributed by atoms with Crippen molar-refractivity contribution in [1.82, 2.24) is 0 Å². The lowest BCUT2D eigenvalue weighted by molar-refractivity contribution is 0.319. The maximum absolute atomic E-state index is 13.0. The van der Waals surface area contributed by atoms with Crippen molar-refractivity contribution in [3.8, 4) is 0 Å². The van der Waals surface area contributed by atoms with Gasteiger partial charge in [-0.15, -0.1) is 0 Å². The van der Waals surface area contributed by atoms with E-state index in [0.29, 0.717) is 5.92 Å². The third-order valence-electron chi connectivity index (χ3n) is 3.21. The molecule has 1 N–H and O–H groups in total. The number of halogens is 1. The van der Waals surface area contributed by atoms with E-state index in [1.54, 1.807) is 12.1 Å². The van der Waals surface area contributed by atoms with Crippen LogP contribution < -0.4 is 0 Å². The molecule has 18 heavy (non-hydrogen) atoms. The molecule has 1 aliphatic carbocycles. The van der Waals surface area contributed by atoms with Gasteiger partial charge in [-0.05, 0) is 42.9 Å². The van der Waals surface area contributed by atoms with E-state index in [1.807, 2.05) is 0 Å². The zero-order valence-electron chi connectivity index (χ0n) is 10.8. The molecule has 0 aromatic heterocycles. The lowest BCUT2D eigenvalue weighted by atomic mass is 9.95. The van der Waals surface area contributed by atoms with Crippen LogP contribution in [0.15, 0.2) is 35.0 Å². The van der Waals surface area contributed by atoms with Gasteiger partial charge >= 0.3 is 0 Å². The minimum absolute atomic E-state index is 0.245. The molecule has 0 bridgehead atoms. The van der Waals surface area contributed by atoms with Crippen LogP contribution in [0.4, 0.5) is 4.39 Å². The molecule has 0 unspecified atom stereocenters. The summed E-state index contributed by atoms with van der Waals surface area (Å²) in [6.45, 7) is 4.34. The fraction of sp³-hybridized carbons (Fsp3) is 0.400. The number of nitrogens with zero attached hydrogens (tertiary/aromatic N) is 1. The van der Waals surface area contributed by atoms with E-state index < -0.39 is 0 Å². The molecule has 1 aliphatic rings. The lowest BCUT2D eigenvalue weighted by Gasteiger charge is -2.10. The van der Waals surface area contributed by atoms with Gasteiger partial charge in [0.2, 0.25) is 0 Å². The second-order valence-corrected chi connectivity index (χ2v) is 5.13. The van der Waals surface area contributed by atoms with Crippen LogP contribution in [0.1, 0.15) is 38.7 Å². The first-order chi connectivity index (χ1) is 8.61. The van der Waals surface area contributed by atoms with Crippen molar-refractivity contribution >= 4 is 11.3 Å². The number of rotatable bonds is 3. The molecule has 0 saturated heterocycles. The van der Waals surface area contributed by atoms with E-state index >= 15 is 0 Å². The van der Waals surface area contributed by atoms with E-state index in [4.69, 9.17) is 5.21 Å². The molecule has 2 nitrogen and oxygen atoms in total. The van der Waals surface area contributed by atoms with Crippen LogP contribution in [0.25, 0.3) is 5.57 Å². The number of hydrogen-bond acceptors (Lipinski definition) is 2. The van der Waals surface area contributed by atoms with Gasteiger partial charge in [0.05, 0.1) is 5.71 Å². The SMILES string of the molecule is CC(C)CC1=C(c2ccc(F)cc2)C(=NO)CC1. The van der Waals surface area contributed by atoms with Crippen LogP contribution in [-0.4, -0.2) is 10.9 Å². The lowest BCUT2D eigenvalue weighted by Crippen LogP contribution is -1.98. The first-order valence-corrected chi connectivity index (χ1v) is 6.31. The van der Waals surface area contributed by atoms with E-state index in [1.165, 1.54) is 17.7 Å². The minimum atomic E-state index is -0.245. The van der Waals surface area contributed by atoms with Crippen LogP contribution in [0.5, 0.6) is 0 Å². The van der Waals surface area contributed by atoms with Crippen molar-refractivity contribution in [2.45, 2.75) is 33.1 Å². The Bertz CT molecular complexity index is 486. The minimum Gasteiger partial charge on any atom is -0.411 e. The molecule has 3 heteroatoms. The zero-order valence-corrected chi connectivity index (χ0v) is 10.8. The zero-order chi connectivity index (χ0) is 13.1. The molecular formula is C15H18FNO. The second kappa shape index (κ2) is 5.34. The fourth-order valence-corrected chi connectivity index (χ4v) is 2.51. The summed E-state index contributed by atoms with van der Waals surface area (Å²) in [5, 5.41) is 12.5. The molecule has 0 aliphatic heterocycles. The van der Waals surface area contributed by atoms with Crippen LogP contribution in [0.3, 0.4) is 0 Å². The molecule has 0 fully saturated rings. The highest BCUT2D eigenvalue weighted by Crippen LogP contribution is 2.35. The van der Waals surface area contributed by atoms with E-state index in [0.717, 1.165) is 36.1 Å². The molecule has 0 saturated carbocycles. The normalized spacial score (nSPS) is 18.1. The summed E-state index contributed by atoms with van der Waals surface area (Å²) in [5.41, 5.74) is 3.98. The Morgan fingerprint density at radius 2 is 1.89 bits per heavy atom. The Hall–Kier alpha value is -1.64. The molecule has 1 aromatic carbocycles. The van der Waals surface area contributed by atoms with Gasteiger partial charge in [0.1, 0.15) is 5.82 Å².